The van der Waals surface area contributed by atoms with Crippen LogP contribution >= 0.6 is 23.4 Å². The molecule has 0 saturated carbocycles. The lowest BCUT2D eigenvalue weighted by Gasteiger charge is -2.22. The van der Waals surface area contributed by atoms with Crippen LogP contribution in [0, 0.1) is 5.92 Å². The quantitative estimate of drug-likeness (QED) is 0.362. The van der Waals surface area contributed by atoms with Crippen LogP contribution in [0.4, 0.5) is 0 Å². The van der Waals surface area contributed by atoms with Gasteiger partial charge in [-0.25, -0.2) is 0 Å². The van der Waals surface area contributed by atoms with Crippen LogP contribution in [0.15, 0.2) is 53.7 Å². The second-order valence-electron chi connectivity index (χ2n) is 7.52. The lowest BCUT2D eigenvalue weighted by Crippen LogP contribution is -2.33. The SMILES string of the molecule is COc1ccc(C(=O)CSc2nnc(C(NC(=O)c3ccccc3Cl)C(C)C)n2C)cc1. The summed E-state index contributed by atoms with van der Waals surface area (Å²) in [6.07, 6.45) is 0. The van der Waals surface area contributed by atoms with Crippen molar-refractivity contribution in [3.63, 3.8) is 0 Å². The normalized spacial score (nSPS) is 11.9. The van der Waals surface area contributed by atoms with Crippen LogP contribution in [-0.2, 0) is 7.05 Å². The average molecular weight is 473 g/mol. The number of carbonyl (C=O) groups is 2. The van der Waals surface area contributed by atoms with E-state index >= 15 is 0 Å². The Kier molecular flexibility index (Phi) is 7.93. The topological polar surface area (TPSA) is 86.1 Å². The van der Waals surface area contributed by atoms with E-state index in [1.54, 1.807) is 55.6 Å². The molecule has 0 saturated heterocycles. The first kappa shape index (κ1) is 23.8. The highest BCUT2D eigenvalue weighted by Gasteiger charge is 2.26. The Balaban J connectivity index is 1.71. The molecular weight excluding hydrogens is 448 g/mol. The van der Waals surface area contributed by atoms with Crippen LogP contribution in [0.2, 0.25) is 5.02 Å². The standard InChI is InChI=1S/C23H25ClN4O3S/c1-14(2)20(25-22(30)17-7-5-6-8-18(17)24)21-26-27-23(28(21)3)32-13-19(29)15-9-11-16(31-4)12-10-15/h5-12,14,20H,13H2,1-4H3,(H,25,30). The number of hydrogen-bond acceptors (Lipinski definition) is 6. The molecule has 3 aromatic rings. The van der Waals surface area contributed by atoms with Crippen molar-refractivity contribution in [2.75, 3.05) is 12.9 Å². The van der Waals surface area contributed by atoms with Gasteiger partial charge in [0.15, 0.2) is 16.8 Å². The molecule has 7 nitrogen and oxygen atoms in total. The van der Waals surface area contributed by atoms with E-state index in [9.17, 15) is 9.59 Å². The van der Waals surface area contributed by atoms with Crippen molar-refractivity contribution in [2.45, 2.75) is 25.0 Å². The molecule has 0 aliphatic carbocycles. The Morgan fingerprint density at radius 1 is 1.12 bits per heavy atom. The molecule has 168 valence electrons. The third-order valence-electron chi connectivity index (χ3n) is 4.96. The number of amides is 1. The molecule has 1 heterocycles. The Hall–Kier alpha value is -2.84. The summed E-state index contributed by atoms with van der Waals surface area (Å²) >= 11 is 7.47. The Morgan fingerprint density at radius 3 is 2.44 bits per heavy atom. The summed E-state index contributed by atoms with van der Waals surface area (Å²) in [6.45, 7) is 3.98. The molecule has 1 N–H and O–H groups in total. The van der Waals surface area contributed by atoms with Crippen LogP contribution in [0.3, 0.4) is 0 Å². The number of nitrogens with zero attached hydrogens (tertiary/aromatic N) is 3. The highest BCUT2D eigenvalue weighted by atomic mass is 35.5. The number of carbonyl (C=O) groups excluding carboxylic acids is 2. The highest BCUT2D eigenvalue weighted by molar-refractivity contribution is 7.99. The molecule has 1 atom stereocenters. The van der Waals surface area contributed by atoms with E-state index in [0.717, 1.165) is 0 Å². The largest absolute Gasteiger partial charge is 0.497 e. The number of aromatic nitrogens is 3. The van der Waals surface area contributed by atoms with Crippen molar-refractivity contribution in [1.82, 2.24) is 20.1 Å². The number of Topliss-reactive ketones (excluding diaryl/α,β-unsaturated/α-hetero) is 1. The second kappa shape index (κ2) is 10.7. The van der Waals surface area contributed by atoms with Crippen molar-refractivity contribution in [2.24, 2.45) is 13.0 Å². The van der Waals surface area contributed by atoms with E-state index in [-0.39, 0.29) is 29.4 Å². The van der Waals surface area contributed by atoms with Crippen LogP contribution in [0.25, 0.3) is 0 Å². The molecule has 0 aliphatic heterocycles. The molecule has 9 heteroatoms. The first-order chi connectivity index (χ1) is 15.3. The molecule has 3 rings (SSSR count). The molecule has 32 heavy (non-hydrogen) atoms. The van der Waals surface area contributed by atoms with Gasteiger partial charge >= 0.3 is 0 Å². The maximum absolute atomic E-state index is 12.8. The van der Waals surface area contributed by atoms with Gasteiger partial charge in [0.1, 0.15) is 5.75 Å². The van der Waals surface area contributed by atoms with E-state index in [0.29, 0.717) is 32.9 Å². The third-order valence-corrected chi connectivity index (χ3v) is 6.31. The first-order valence-electron chi connectivity index (χ1n) is 10.1. The minimum absolute atomic E-state index is 0.0189. The maximum Gasteiger partial charge on any atom is 0.253 e. The van der Waals surface area contributed by atoms with Gasteiger partial charge in [-0.2, -0.15) is 0 Å². The number of rotatable bonds is 9. The minimum atomic E-state index is -0.372. The molecule has 0 aliphatic rings. The zero-order chi connectivity index (χ0) is 23.3. The molecule has 1 unspecified atom stereocenters. The highest BCUT2D eigenvalue weighted by Crippen LogP contribution is 2.26. The number of ether oxygens (including phenoxy) is 1. The fourth-order valence-electron chi connectivity index (χ4n) is 3.11. The molecule has 0 radical (unpaired) electrons. The zero-order valence-electron chi connectivity index (χ0n) is 18.3. The van der Waals surface area contributed by atoms with Crippen LogP contribution in [0.5, 0.6) is 5.75 Å². The van der Waals surface area contributed by atoms with Crippen molar-refractivity contribution < 1.29 is 14.3 Å². The average Bonchev–Trinajstić information content (AvgIpc) is 3.15. The number of halogens is 1. The van der Waals surface area contributed by atoms with Crippen LogP contribution in [-0.4, -0.2) is 39.3 Å². The number of nitrogens with one attached hydrogen (secondary N) is 1. The minimum Gasteiger partial charge on any atom is -0.497 e. The summed E-state index contributed by atoms with van der Waals surface area (Å²) in [5.74, 6) is 1.29. The van der Waals surface area contributed by atoms with Crippen molar-refractivity contribution in [3.8, 4) is 5.75 Å². The van der Waals surface area contributed by atoms with Gasteiger partial charge < -0.3 is 14.6 Å². The fraction of sp³-hybridized carbons (Fsp3) is 0.304. The number of benzene rings is 2. The summed E-state index contributed by atoms with van der Waals surface area (Å²) in [4.78, 5) is 25.3. The van der Waals surface area contributed by atoms with Crippen LogP contribution in [0.1, 0.15) is 46.4 Å². The van der Waals surface area contributed by atoms with E-state index in [4.69, 9.17) is 16.3 Å². The van der Waals surface area contributed by atoms with Gasteiger partial charge in [0, 0.05) is 12.6 Å². The smallest absolute Gasteiger partial charge is 0.253 e. The summed E-state index contributed by atoms with van der Waals surface area (Å²) in [6, 6.07) is 13.5. The Labute approximate surface area is 196 Å². The summed E-state index contributed by atoms with van der Waals surface area (Å²) in [7, 11) is 3.41. The monoisotopic (exact) mass is 472 g/mol. The molecule has 1 amide bonds. The van der Waals surface area contributed by atoms with Gasteiger partial charge in [-0.15, -0.1) is 10.2 Å². The third kappa shape index (κ3) is 5.49. The van der Waals surface area contributed by atoms with Crippen molar-refractivity contribution in [1.29, 1.82) is 0 Å². The molecule has 0 bridgehead atoms. The predicted octanol–water partition coefficient (Wildman–Crippen LogP) is 4.58. The number of methoxy groups -OCH3 is 1. The lowest BCUT2D eigenvalue weighted by molar-refractivity contribution is 0.0921. The zero-order valence-corrected chi connectivity index (χ0v) is 19.9. The van der Waals surface area contributed by atoms with E-state index in [2.05, 4.69) is 15.5 Å². The molecule has 2 aromatic carbocycles. The van der Waals surface area contributed by atoms with E-state index in [1.165, 1.54) is 11.8 Å². The lowest BCUT2D eigenvalue weighted by atomic mass is 10.0. The fourth-order valence-corrected chi connectivity index (χ4v) is 4.14. The number of hydrogen-bond donors (Lipinski definition) is 1. The summed E-state index contributed by atoms with van der Waals surface area (Å²) < 4.78 is 6.93. The summed E-state index contributed by atoms with van der Waals surface area (Å²) in [5, 5.41) is 12.5. The maximum atomic E-state index is 12.8. The van der Waals surface area contributed by atoms with Crippen molar-refractivity contribution >= 4 is 35.1 Å². The second-order valence-corrected chi connectivity index (χ2v) is 8.86. The van der Waals surface area contributed by atoms with Gasteiger partial charge in [-0.3, -0.25) is 9.59 Å². The van der Waals surface area contributed by atoms with E-state index in [1.807, 2.05) is 25.5 Å². The van der Waals surface area contributed by atoms with Gasteiger partial charge in [-0.05, 0) is 42.3 Å². The van der Waals surface area contributed by atoms with Gasteiger partial charge in [0.2, 0.25) is 0 Å². The molecule has 0 fully saturated rings. The van der Waals surface area contributed by atoms with Gasteiger partial charge in [-0.1, -0.05) is 49.3 Å². The van der Waals surface area contributed by atoms with Gasteiger partial charge in [0.05, 0.1) is 29.5 Å². The van der Waals surface area contributed by atoms with Gasteiger partial charge in [0.25, 0.3) is 5.91 Å². The Morgan fingerprint density at radius 2 is 1.81 bits per heavy atom. The molecule has 0 spiro atoms. The Bertz CT molecular complexity index is 1100. The molecule has 1 aromatic heterocycles. The predicted molar refractivity (Wildman–Crippen MR) is 126 cm³/mol. The van der Waals surface area contributed by atoms with E-state index < -0.39 is 0 Å². The number of thioether (sulfide) groups is 1. The summed E-state index contributed by atoms with van der Waals surface area (Å²) in [5.41, 5.74) is 1.01. The van der Waals surface area contributed by atoms with Crippen LogP contribution < -0.4 is 10.1 Å². The van der Waals surface area contributed by atoms with Crippen molar-refractivity contribution in [3.05, 3.63) is 70.5 Å². The molecular formula is C23H25ClN4O3S. The first-order valence-corrected chi connectivity index (χ1v) is 11.4. The number of ketones is 1.